The molecule has 0 aliphatic carbocycles. The van der Waals surface area contributed by atoms with E-state index in [0.29, 0.717) is 11.8 Å². The first-order chi connectivity index (χ1) is 10.5. The van der Waals surface area contributed by atoms with Crippen molar-refractivity contribution in [3.63, 3.8) is 0 Å². The molecule has 0 aliphatic heterocycles. The van der Waals surface area contributed by atoms with Crippen molar-refractivity contribution < 1.29 is 0 Å². The van der Waals surface area contributed by atoms with Crippen molar-refractivity contribution in [2.75, 3.05) is 10.6 Å². The monoisotopic (exact) mass is 295 g/mol. The minimum Gasteiger partial charge on any atom is -0.326 e. The third-order valence-corrected chi connectivity index (χ3v) is 3.69. The molecule has 0 spiro atoms. The Morgan fingerprint density at radius 3 is 1.27 bits per heavy atom. The van der Waals surface area contributed by atoms with Gasteiger partial charge in [-0.25, -0.2) is 0 Å². The first kappa shape index (κ1) is 16.1. The van der Waals surface area contributed by atoms with E-state index < -0.39 is 0 Å². The van der Waals surface area contributed by atoms with Gasteiger partial charge in [0.25, 0.3) is 0 Å². The highest BCUT2D eigenvalue weighted by atomic mass is 15.1. The summed E-state index contributed by atoms with van der Waals surface area (Å²) in [5.41, 5.74) is 4.44. The van der Waals surface area contributed by atoms with Crippen LogP contribution in [0.25, 0.3) is 0 Å². The van der Waals surface area contributed by atoms with Crippen molar-refractivity contribution in [2.24, 2.45) is 0 Å². The van der Waals surface area contributed by atoms with Gasteiger partial charge in [-0.1, -0.05) is 52.0 Å². The molecule has 22 heavy (non-hydrogen) atoms. The smallest absolute Gasteiger partial charge is 0.197 e. The highest BCUT2D eigenvalue weighted by molar-refractivity contribution is 6.01. The lowest BCUT2D eigenvalue weighted by atomic mass is 10.0. The molecule has 0 unspecified atom stereocenters. The molecule has 2 aromatic rings. The summed E-state index contributed by atoms with van der Waals surface area (Å²) in [7, 11) is 0. The van der Waals surface area contributed by atoms with Crippen LogP contribution in [-0.4, -0.2) is 5.96 Å². The number of hydrogen-bond donors (Lipinski definition) is 3. The van der Waals surface area contributed by atoms with Gasteiger partial charge in [0, 0.05) is 11.4 Å². The average molecular weight is 295 g/mol. The van der Waals surface area contributed by atoms with Gasteiger partial charge in [-0.3, -0.25) is 5.41 Å². The largest absolute Gasteiger partial charge is 0.326 e. The molecule has 0 bridgehead atoms. The third-order valence-electron chi connectivity index (χ3n) is 3.69. The molecule has 0 saturated carbocycles. The highest BCUT2D eigenvalue weighted by Gasteiger charge is 2.03. The molecule has 0 heterocycles. The quantitative estimate of drug-likeness (QED) is 0.523. The van der Waals surface area contributed by atoms with E-state index in [2.05, 4.69) is 62.6 Å². The first-order valence-electron chi connectivity index (χ1n) is 7.78. The zero-order valence-electron chi connectivity index (χ0n) is 13.8. The lowest BCUT2D eigenvalue weighted by molar-refractivity contribution is 0.867. The van der Waals surface area contributed by atoms with E-state index >= 15 is 0 Å². The van der Waals surface area contributed by atoms with E-state index in [4.69, 9.17) is 5.41 Å². The summed E-state index contributed by atoms with van der Waals surface area (Å²) < 4.78 is 0. The standard InChI is InChI=1S/C19H25N3/c1-13(2)15-5-9-17(10-6-15)21-19(20)22-18-11-7-16(8-12-18)14(3)4/h5-14H,1-4H3,(H3,20,21,22). The van der Waals surface area contributed by atoms with Crippen LogP contribution in [0.15, 0.2) is 48.5 Å². The molecular weight excluding hydrogens is 270 g/mol. The van der Waals surface area contributed by atoms with E-state index in [9.17, 15) is 0 Å². The first-order valence-corrected chi connectivity index (χ1v) is 7.78. The van der Waals surface area contributed by atoms with E-state index in [1.807, 2.05) is 24.3 Å². The lowest BCUT2D eigenvalue weighted by Gasteiger charge is -2.12. The second-order valence-corrected chi connectivity index (χ2v) is 6.18. The molecule has 0 fully saturated rings. The normalized spacial score (nSPS) is 10.8. The minimum absolute atomic E-state index is 0.273. The molecule has 116 valence electrons. The summed E-state index contributed by atoms with van der Waals surface area (Å²) in [6, 6.07) is 16.4. The maximum Gasteiger partial charge on any atom is 0.197 e. The van der Waals surface area contributed by atoms with Crippen LogP contribution < -0.4 is 10.6 Å². The van der Waals surface area contributed by atoms with Crippen LogP contribution in [0.3, 0.4) is 0 Å². The van der Waals surface area contributed by atoms with Crippen molar-refractivity contribution in [2.45, 2.75) is 39.5 Å². The highest BCUT2D eigenvalue weighted by Crippen LogP contribution is 2.19. The molecule has 0 aromatic heterocycles. The van der Waals surface area contributed by atoms with Crippen molar-refractivity contribution in [3.05, 3.63) is 59.7 Å². The Hall–Kier alpha value is -2.29. The Morgan fingerprint density at radius 1 is 0.682 bits per heavy atom. The van der Waals surface area contributed by atoms with Crippen LogP contribution in [0, 0.1) is 5.41 Å². The van der Waals surface area contributed by atoms with Crippen molar-refractivity contribution in [1.82, 2.24) is 0 Å². The fraction of sp³-hybridized carbons (Fsp3) is 0.316. The van der Waals surface area contributed by atoms with Gasteiger partial charge in [0.15, 0.2) is 5.96 Å². The van der Waals surface area contributed by atoms with Crippen LogP contribution in [0.5, 0.6) is 0 Å². The summed E-state index contributed by atoms with van der Waals surface area (Å²) in [5, 5.41) is 14.1. The lowest BCUT2D eigenvalue weighted by Crippen LogP contribution is -2.20. The van der Waals surface area contributed by atoms with Gasteiger partial charge < -0.3 is 10.6 Å². The van der Waals surface area contributed by atoms with E-state index in [0.717, 1.165) is 11.4 Å². The van der Waals surface area contributed by atoms with Crippen LogP contribution in [-0.2, 0) is 0 Å². The maximum absolute atomic E-state index is 8.02. The molecule has 3 N–H and O–H groups in total. The molecule has 0 saturated heterocycles. The summed E-state index contributed by atoms with van der Waals surface area (Å²) in [5.74, 6) is 1.31. The predicted molar refractivity (Wildman–Crippen MR) is 96.0 cm³/mol. The number of anilines is 2. The average Bonchev–Trinajstić information content (AvgIpc) is 2.48. The van der Waals surface area contributed by atoms with Crippen LogP contribution >= 0.6 is 0 Å². The van der Waals surface area contributed by atoms with Gasteiger partial charge in [-0.2, -0.15) is 0 Å². The van der Waals surface area contributed by atoms with Crippen molar-refractivity contribution in [1.29, 1.82) is 5.41 Å². The number of hydrogen-bond acceptors (Lipinski definition) is 1. The number of guanidine groups is 1. The van der Waals surface area contributed by atoms with Gasteiger partial charge in [-0.15, -0.1) is 0 Å². The fourth-order valence-corrected chi connectivity index (χ4v) is 2.22. The summed E-state index contributed by atoms with van der Waals surface area (Å²) in [6.45, 7) is 8.69. The van der Waals surface area contributed by atoms with E-state index in [1.54, 1.807) is 0 Å². The van der Waals surface area contributed by atoms with Crippen LogP contribution in [0.4, 0.5) is 11.4 Å². The number of nitrogens with one attached hydrogen (secondary N) is 3. The van der Waals surface area contributed by atoms with Crippen molar-refractivity contribution >= 4 is 17.3 Å². The molecule has 0 amide bonds. The van der Waals surface area contributed by atoms with E-state index in [-0.39, 0.29) is 5.96 Å². The maximum atomic E-state index is 8.02. The molecule has 3 nitrogen and oxygen atoms in total. The van der Waals surface area contributed by atoms with Gasteiger partial charge in [0.05, 0.1) is 0 Å². The Morgan fingerprint density at radius 2 is 1.00 bits per heavy atom. The number of benzene rings is 2. The zero-order valence-corrected chi connectivity index (χ0v) is 13.8. The fourth-order valence-electron chi connectivity index (χ4n) is 2.22. The molecule has 3 heteroatoms. The second kappa shape index (κ2) is 7.12. The SMILES string of the molecule is CC(C)c1ccc(NC(=N)Nc2ccc(C(C)C)cc2)cc1. The Bertz CT molecular complexity index is 555. The molecule has 0 atom stereocenters. The molecular formula is C19H25N3. The molecule has 0 aliphatic rings. The Balaban J connectivity index is 1.94. The summed E-state index contributed by atoms with van der Waals surface area (Å²) in [6.07, 6.45) is 0. The molecule has 2 rings (SSSR count). The van der Waals surface area contributed by atoms with Gasteiger partial charge in [0.2, 0.25) is 0 Å². The molecule has 2 aromatic carbocycles. The van der Waals surface area contributed by atoms with Crippen LogP contribution in [0.1, 0.15) is 50.7 Å². The van der Waals surface area contributed by atoms with Crippen molar-refractivity contribution in [3.8, 4) is 0 Å². The summed E-state index contributed by atoms with van der Waals surface area (Å²) >= 11 is 0. The molecule has 0 radical (unpaired) electrons. The summed E-state index contributed by atoms with van der Waals surface area (Å²) in [4.78, 5) is 0. The topological polar surface area (TPSA) is 47.9 Å². The van der Waals surface area contributed by atoms with E-state index in [1.165, 1.54) is 11.1 Å². The van der Waals surface area contributed by atoms with Gasteiger partial charge in [0.1, 0.15) is 0 Å². The second-order valence-electron chi connectivity index (χ2n) is 6.18. The van der Waals surface area contributed by atoms with Gasteiger partial charge in [-0.05, 0) is 47.2 Å². The Labute approximate surface area is 133 Å². The zero-order chi connectivity index (χ0) is 16.1. The van der Waals surface area contributed by atoms with Gasteiger partial charge >= 0.3 is 0 Å². The van der Waals surface area contributed by atoms with Crippen LogP contribution in [0.2, 0.25) is 0 Å². The third kappa shape index (κ3) is 4.35. The predicted octanol–water partition coefficient (Wildman–Crippen LogP) is 5.39. The Kier molecular flexibility index (Phi) is 5.21. The number of rotatable bonds is 4. The minimum atomic E-state index is 0.273.